The van der Waals surface area contributed by atoms with Crippen molar-refractivity contribution in [2.45, 2.75) is 19.6 Å². The summed E-state index contributed by atoms with van der Waals surface area (Å²) in [6.07, 6.45) is 1.06. The molecule has 0 spiro atoms. The van der Waals surface area contributed by atoms with Crippen molar-refractivity contribution in [3.63, 3.8) is 0 Å². The van der Waals surface area contributed by atoms with E-state index in [2.05, 4.69) is 40.5 Å². The lowest BCUT2D eigenvalue weighted by molar-refractivity contribution is -0.121. The molecule has 1 amide bonds. The molecule has 4 rings (SSSR count). The highest BCUT2D eigenvalue weighted by Crippen LogP contribution is 2.30. The van der Waals surface area contributed by atoms with Gasteiger partial charge in [0.15, 0.2) is 0 Å². The van der Waals surface area contributed by atoms with Crippen LogP contribution in [0.25, 0.3) is 0 Å². The Labute approximate surface area is 176 Å². The fourth-order valence-corrected chi connectivity index (χ4v) is 3.80. The highest BCUT2D eigenvalue weighted by molar-refractivity contribution is 6.31. The zero-order chi connectivity index (χ0) is 20.1. The highest BCUT2D eigenvalue weighted by atomic mass is 35.5. The van der Waals surface area contributed by atoms with Crippen molar-refractivity contribution in [2.24, 2.45) is 0 Å². The lowest BCUT2D eigenvalue weighted by Gasteiger charge is -2.21. The number of nitrogens with one attached hydrogen (secondary N) is 1. The minimum absolute atomic E-state index is 0.0217. The van der Waals surface area contributed by atoms with Crippen LogP contribution in [0.15, 0.2) is 72.8 Å². The number of rotatable bonds is 7. The van der Waals surface area contributed by atoms with Gasteiger partial charge >= 0.3 is 0 Å². The number of carbonyl (C=O) groups is 1. The van der Waals surface area contributed by atoms with Gasteiger partial charge in [0.25, 0.3) is 0 Å². The molecule has 0 atom stereocenters. The van der Waals surface area contributed by atoms with Gasteiger partial charge in [-0.3, -0.25) is 4.79 Å². The number of carbonyl (C=O) groups excluding carboxylic acids is 1. The molecule has 1 heterocycles. The Bertz CT molecular complexity index is 1010. The topological polar surface area (TPSA) is 41.6 Å². The average Bonchev–Trinajstić information content (AvgIpc) is 3.14. The number of para-hydroxylation sites is 2. The third-order valence-electron chi connectivity index (χ3n) is 5.08. The maximum absolute atomic E-state index is 12.4. The van der Waals surface area contributed by atoms with Crippen molar-refractivity contribution in [1.82, 2.24) is 0 Å². The summed E-state index contributed by atoms with van der Waals surface area (Å²) in [6.45, 7) is 2.03. The minimum atomic E-state index is -0.175. The third-order valence-corrected chi connectivity index (χ3v) is 5.45. The van der Waals surface area contributed by atoms with E-state index >= 15 is 0 Å². The standard InChI is InChI=1S/C24H23ClN2O2/c25-21-10-4-1-9-20(21)16-29-17-24(28)26-22-11-5-2-8-19(22)15-27-14-13-18-7-3-6-12-23(18)27/h1-12H,13-17H2,(H,26,28). The van der Waals surface area contributed by atoms with Crippen molar-refractivity contribution in [2.75, 3.05) is 23.4 Å². The molecule has 148 valence electrons. The Hall–Kier alpha value is -2.82. The van der Waals surface area contributed by atoms with Crippen LogP contribution in [0.5, 0.6) is 0 Å². The normalized spacial score (nSPS) is 12.7. The quantitative estimate of drug-likeness (QED) is 0.596. The second-order valence-electron chi connectivity index (χ2n) is 7.09. The van der Waals surface area contributed by atoms with E-state index in [1.807, 2.05) is 42.5 Å². The minimum Gasteiger partial charge on any atom is -0.367 e. The maximum atomic E-state index is 12.4. The molecule has 0 fully saturated rings. The van der Waals surface area contributed by atoms with Gasteiger partial charge in [-0.15, -0.1) is 0 Å². The lowest BCUT2D eigenvalue weighted by Crippen LogP contribution is -2.23. The van der Waals surface area contributed by atoms with Crippen LogP contribution in [-0.2, 0) is 29.1 Å². The molecular weight excluding hydrogens is 384 g/mol. The number of anilines is 2. The SMILES string of the molecule is O=C(COCc1ccccc1Cl)Nc1ccccc1CN1CCc2ccccc21. The molecule has 3 aromatic rings. The second-order valence-corrected chi connectivity index (χ2v) is 7.50. The lowest BCUT2D eigenvalue weighted by atomic mass is 10.1. The van der Waals surface area contributed by atoms with Crippen LogP contribution >= 0.6 is 11.6 Å². The van der Waals surface area contributed by atoms with Gasteiger partial charge in [-0.2, -0.15) is 0 Å². The summed E-state index contributed by atoms with van der Waals surface area (Å²) in [4.78, 5) is 14.7. The van der Waals surface area contributed by atoms with Gasteiger partial charge in [0.2, 0.25) is 5.91 Å². The first-order valence-corrected chi connectivity index (χ1v) is 10.1. The Balaban J connectivity index is 1.36. The van der Waals surface area contributed by atoms with E-state index < -0.39 is 0 Å². The molecule has 1 aliphatic heterocycles. The number of halogens is 1. The smallest absolute Gasteiger partial charge is 0.250 e. The van der Waals surface area contributed by atoms with E-state index in [0.717, 1.165) is 36.3 Å². The summed E-state index contributed by atoms with van der Waals surface area (Å²) in [6, 6.07) is 23.9. The fourth-order valence-electron chi connectivity index (χ4n) is 3.61. The number of amides is 1. The maximum Gasteiger partial charge on any atom is 0.250 e. The van der Waals surface area contributed by atoms with E-state index in [0.29, 0.717) is 11.6 Å². The van der Waals surface area contributed by atoms with Gasteiger partial charge in [-0.25, -0.2) is 0 Å². The molecule has 0 aromatic heterocycles. The number of hydrogen-bond acceptors (Lipinski definition) is 3. The van der Waals surface area contributed by atoms with Crippen LogP contribution in [0.3, 0.4) is 0 Å². The summed E-state index contributed by atoms with van der Waals surface area (Å²) >= 11 is 6.12. The number of benzene rings is 3. The van der Waals surface area contributed by atoms with Crippen LogP contribution < -0.4 is 10.2 Å². The van der Waals surface area contributed by atoms with E-state index in [1.165, 1.54) is 11.3 Å². The van der Waals surface area contributed by atoms with Gasteiger partial charge in [0.1, 0.15) is 6.61 Å². The first-order chi connectivity index (χ1) is 14.2. The van der Waals surface area contributed by atoms with Gasteiger partial charge in [0.05, 0.1) is 6.61 Å². The molecule has 3 aromatic carbocycles. The summed E-state index contributed by atoms with van der Waals surface area (Å²) in [5, 5.41) is 3.63. The average molecular weight is 407 g/mol. The molecule has 0 aliphatic carbocycles. The monoisotopic (exact) mass is 406 g/mol. The molecule has 0 saturated heterocycles. The molecule has 5 heteroatoms. The predicted octanol–water partition coefficient (Wildman–Crippen LogP) is 5.06. The van der Waals surface area contributed by atoms with Crippen LogP contribution in [0.4, 0.5) is 11.4 Å². The van der Waals surface area contributed by atoms with Crippen molar-refractivity contribution in [3.8, 4) is 0 Å². The Morgan fingerprint density at radius 2 is 1.69 bits per heavy atom. The van der Waals surface area contributed by atoms with Crippen LogP contribution in [-0.4, -0.2) is 19.1 Å². The second kappa shape index (κ2) is 9.12. The van der Waals surface area contributed by atoms with Gasteiger partial charge in [-0.1, -0.05) is 66.2 Å². The molecular formula is C24H23ClN2O2. The third kappa shape index (κ3) is 4.78. The van der Waals surface area contributed by atoms with Gasteiger partial charge in [0, 0.05) is 29.5 Å². The van der Waals surface area contributed by atoms with E-state index in [9.17, 15) is 4.79 Å². The Morgan fingerprint density at radius 3 is 2.55 bits per heavy atom. The zero-order valence-electron chi connectivity index (χ0n) is 16.1. The number of ether oxygens (including phenoxy) is 1. The zero-order valence-corrected chi connectivity index (χ0v) is 16.9. The number of nitrogens with zero attached hydrogens (tertiary/aromatic N) is 1. The van der Waals surface area contributed by atoms with E-state index in [4.69, 9.17) is 16.3 Å². The molecule has 0 unspecified atom stereocenters. The Kier molecular flexibility index (Phi) is 6.13. The summed E-state index contributed by atoms with van der Waals surface area (Å²) < 4.78 is 5.55. The van der Waals surface area contributed by atoms with Crippen molar-refractivity contribution >= 4 is 28.9 Å². The van der Waals surface area contributed by atoms with Crippen LogP contribution in [0, 0.1) is 0 Å². The highest BCUT2D eigenvalue weighted by Gasteiger charge is 2.19. The largest absolute Gasteiger partial charge is 0.367 e. The van der Waals surface area contributed by atoms with E-state index in [-0.39, 0.29) is 12.5 Å². The molecule has 29 heavy (non-hydrogen) atoms. The summed E-state index contributed by atoms with van der Waals surface area (Å²) in [5.41, 5.74) is 5.43. The first kappa shape index (κ1) is 19.5. The van der Waals surface area contributed by atoms with Crippen LogP contribution in [0.1, 0.15) is 16.7 Å². The van der Waals surface area contributed by atoms with E-state index in [1.54, 1.807) is 0 Å². The fraction of sp³-hybridized carbons (Fsp3) is 0.208. The molecule has 4 nitrogen and oxygen atoms in total. The molecule has 0 radical (unpaired) electrons. The molecule has 1 aliphatic rings. The summed E-state index contributed by atoms with van der Waals surface area (Å²) in [7, 11) is 0. The van der Waals surface area contributed by atoms with Crippen molar-refractivity contribution < 1.29 is 9.53 Å². The first-order valence-electron chi connectivity index (χ1n) is 9.72. The summed E-state index contributed by atoms with van der Waals surface area (Å²) in [5.74, 6) is -0.175. The van der Waals surface area contributed by atoms with Crippen molar-refractivity contribution in [1.29, 1.82) is 0 Å². The number of hydrogen-bond donors (Lipinski definition) is 1. The Morgan fingerprint density at radius 1 is 0.966 bits per heavy atom. The predicted molar refractivity (Wildman–Crippen MR) is 117 cm³/mol. The van der Waals surface area contributed by atoms with Crippen molar-refractivity contribution in [3.05, 3.63) is 94.5 Å². The molecule has 0 bridgehead atoms. The van der Waals surface area contributed by atoms with Gasteiger partial charge in [-0.05, 0) is 41.3 Å². The van der Waals surface area contributed by atoms with Gasteiger partial charge < -0.3 is 15.0 Å². The molecule has 0 saturated carbocycles. The van der Waals surface area contributed by atoms with Crippen LogP contribution in [0.2, 0.25) is 5.02 Å². The molecule has 1 N–H and O–H groups in total. The number of fused-ring (bicyclic) bond motifs is 1.